The van der Waals surface area contributed by atoms with E-state index in [1.165, 1.54) is 15.4 Å². The van der Waals surface area contributed by atoms with Crippen molar-refractivity contribution in [1.29, 1.82) is 0 Å². The molecule has 2 fully saturated rings. The molecule has 0 atom stereocenters. The molecule has 5 nitrogen and oxygen atoms in total. The van der Waals surface area contributed by atoms with E-state index in [-0.39, 0.29) is 16.9 Å². The summed E-state index contributed by atoms with van der Waals surface area (Å²) < 4.78 is 78.7. The van der Waals surface area contributed by atoms with Crippen LogP contribution < -0.4 is 5.32 Å². The van der Waals surface area contributed by atoms with Crippen molar-refractivity contribution < 1.29 is 31.1 Å². The van der Waals surface area contributed by atoms with Gasteiger partial charge in [0.15, 0.2) is 0 Å². The number of anilines is 1. The monoisotopic (exact) mass is 574 g/mol. The fourth-order valence-corrected chi connectivity index (χ4v) is 5.74. The Balaban J connectivity index is 1.28. The number of amides is 2. The van der Waals surface area contributed by atoms with Crippen LogP contribution in [0.15, 0.2) is 47.4 Å². The van der Waals surface area contributed by atoms with E-state index in [4.69, 9.17) is 0 Å². The summed E-state index contributed by atoms with van der Waals surface area (Å²) in [6.07, 6.45) is -9.95. The number of likely N-dealkylation sites (tertiary alicyclic amines) is 1. The molecule has 0 saturated carbocycles. The van der Waals surface area contributed by atoms with Crippen LogP contribution in [0.3, 0.4) is 0 Å². The first-order valence-electron chi connectivity index (χ1n) is 12.7. The van der Waals surface area contributed by atoms with Gasteiger partial charge in [-0.05, 0) is 29.8 Å². The molecule has 1 N–H and O–H groups in total. The zero-order valence-electron chi connectivity index (χ0n) is 22.0. The largest absolute Gasteiger partial charge is 0.416 e. The molecule has 12 heteroatoms. The van der Waals surface area contributed by atoms with E-state index >= 15 is 0 Å². The highest BCUT2D eigenvalue weighted by molar-refractivity contribution is 8.00. The molecule has 2 saturated heterocycles. The van der Waals surface area contributed by atoms with Gasteiger partial charge >= 0.3 is 18.4 Å². The molecule has 2 amide bonds. The van der Waals surface area contributed by atoms with Crippen LogP contribution in [0.1, 0.15) is 37.5 Å². The molecule has 0 aliphatic carbocycles. The number of piperazine rings is 1. The molecule has 0 aromatic heterocycles. The highest BCUT2D eigenvalue weighted by Crippen LogP contribution is 2.38. The molecule has 2 heterocycles. The SMILES string of the molecule is CC(C)(C)Sc1ccccc1CN1CCN(C2CN(C(=O)Nc3cc(C(F)(F)F)cc(C(F)(F)F)c3)C2)CC1. The fourth-order valence-electron chi connectivity index (χ4n) is 4.67. The molecule has 0 radical (unpaired) electrons. The summed E-state index contributed by atoms with van der Waals surface area (Å²) in [5.41, 5.74) is -2.18. The summed E-state index contributed by atoms with van der Waals surface area (Å²) in [4.78, 5) is 19.9. The summed E-state index contributed by atoms with van der Waals surface area (Å²) in [5, 5.41) is 2.21. The fraction of sp³-hybridized carbons (Fsp3) is 0.519. The maximum atomic E-state index is 13.1. The van der Waals surface area contributed by atoms with Gasteiger partial charge in [-0.2, -0.15) is 26.3 Å². The summed E-state index contributed by atoms with van der Waals surface area (Å²) in [5.74, 6) is 0. The Morgan fingerprint density at radius 3 is 2.00 bits per heavy atom. The number of alkyl halides is 6. The Kier molecular flexibility index (Phi) is 8.49. The van der Waals surface area contributed by atoms with Gasteiger partial charge in [-0.15, -0.1) is 11.8 Å². The van der Waals surface area contributed by atoms with E-state index in [1.54, 1.807) is 0 Å². The van der Waals surface area contributed by atoms with Gasteiger partial charge in [0.25, 0.3) is 0 Å². The van der Waals surface area contributed by atoms with Gasteiger partial charge in [0, 0.05) is 67.2 Å². The second kappa shape index (κ2) is 11.2. The van der Waals surface area contributed by atoms with Gasteiger partial charge in [-0.1, -0.05) is 39.0 Å². The van der Waals surface area contributed by atoms with Crippen LogP contribution >= 0.6 is 11.8 Å². The number of hydrogen-bond donors (Lipinski definition) is 1. The summed E-state index contributed by atoms with van der Waals surface area (Å²) >= 11 is 1.85. The van der Waals surface area contributed by atoms with Crippen molar-refractivity contribution in [3.05, 3.63) is 59.2 Å². The molecule has 214 valence electrons. The molecule has 2 aliphatic rings. The Labute approximate surface area is 228 Å². The molecule has 2 aliphatic heterocycles. The second-order valence-corrected chi connectivity index (χ2v) is 12.8. The summed E-state index contributed by atoms with van der Waals surface area (Å²) in [7, 11) is 0. The average molecular weight is 575 g/mol. The molecule has 0 unspecified atom stereocenters. The molecule has 4 rings (SSSR count). The predicted molar refractivity (Wildman–Crippen MR) is 140 cm³/mol. The van der Waals surface area contributed by atoms with Gasteiger partial charge < -0.3 is 10.2 Å². The Bertz CT molecular complexity index is 1130. The van der Waals surface area contributed by atoms with Crippen molar-refractivity contribution in [1.82, 2.24) is 14.7 Å². The maximum Gasteiger partial charge on any atom is 0.416 e. The number of nitrogens with one attached hydrogen (secondary N) is 1. The third kappa shape index (κ3) is 7.82. The average Bonchev–Trinajstić information content (AvgIpc) is 2.78. The number of thioether (sulfide) groups is 1. The van der Waals surface area contributed by atoms with Crippen molar-refractivity contribution in [2.24, 2.45) is 0 Å². The molecule has 39 heavy (non-hydrogen) atoms. The van der Waals surface area contributed by atoms with E-state index in [2.05, 4.69) is 60.2 Å². The van der Waals surface area contributed by atoms with E-state index in [0.29, 0.717) is 25.2 Å². The summed E-state index contributed by atoms with van der Waals surface area (Å²) in [6, 6.07) is 8.87. The highest BCUT2D eigenvalue weighted by atomic mass is 32.2. The number of hydrogen-bond acceptors (Lipinski definition) is 4. The number of carbonyl (C=O) groups is 1. The number of benzene rings is 2. The Morgan fingerprint density at radius 2 is 1.46 bits per heavy atom. The molecular weight excluding hydrogens is 542 g/mol. The van der Waals surface area contributed by atoms with Crippen LogP contribution in [-0.4, -0.2) is 70.8 Å². The van der Waals surface area contributed by atoms with Crippen LogP contribution in [0.5, 0.6) is 0 Å². The minimum absolute atomic E-state index is 0.0387. The zero-order valence-corrected chi connectivity index (χ0v) is 22.8. The van der Waals surface area contributed by atoms with Gasteiger partial charge in [0.1, 0.15) is 0 Å². The zero-order chi connectivity index (χ0) is 28.6. The quantitative estimate of drug-likeness (QED) is 0.321. The lowest BCUT2D eigenvalue weighted by molar-refractivity contribution is -0.143. The standard InChI is InChI=1S/C27H32F6N4OS/c1-25(2,3)39-23-7-5-4-6-18(23)15-35-8-10-36(11-9-35)22-16-37(17-22)24(38)34-21-13-19(26(28,29)30)12-20(14-21)27(31,32)33/h4-7,12-14,22H,8-11,15-17H2,1-3H3,(H,34,38). The normalized spacial score (nSPS) is 18.2. The van der Waals surface area contributed by atoms with Gasteiger partial charge in [-0.25, -0.2) is 4.79 Å². The van der Waals surface area contributed by atoms with Crippen molar-refractivity contribution in [3.63, 3.8) is 0 Å². The molecule has 2 aromatic rings. The number of urea groups is 1. The smallest absolute Gasteiger partial charge is 0.321 e. The van der Waals surface area contributed by atoms with Crippen LogP contribution in [0.2, 0.25) is 0 Å². The molecule has 0 spiro atoms. The lowest BCUT2D eigenvalue weighted by Gasteiger charge is -2.48. The maximum absolute atomic E-state index is 13.1. The first kappa shape index (κ1) is 29.5. The van der Waals surface area contributed by atoms with E-state index < -0.39 is 35.2 Å². The van der Waals surface area contributed by atoms with E-state index in [0.717, 1.165) is 32.7 Å². The highest BCUT2D eigenvalue weighted by Gasteiger charge is 2.39. The Hall–Kier alpha value is -2.44. The van der Waals surface area contributed by atoms with Gasteiger partial charge in [0.05, 0.1) is 11.1 Å². The topological polar surface area (TPSA) is 38.8 Å². The van der Waals surface area contributed by atoms with Crippen molar-refractivity contribution in [3.8, 4) is 0 Å². The molecule has 2 aromatic carbocycles. The van der Waals surface area contributed by atoms with Crippen LogP contribution in [0.25, 0.3) is 0 Å². The minimum atomic E-state index is -4.97. The Morgan fingerprint density at radius 1 is 0.897 bits per heavy atom. The first-order valence-corrected chi connectivity index (χ1v) is 13.5. The van der Waals surface area contributed by atoms with E-state index in [1.807, 2.05) is 11.8 Å². The minimum Gasteiger partial charge on any atom is -0.321 e. The van der Waals surface area contributed by atoms with Crippen molar-refractivity contribution in [2.45, 2.75) is 55.4 Å². The molecule has 0 bridgehead atoms. The predicted octanol–water partition coefficient (Wildman–Crippen LogP) is 6.65. The first-order chi connectivity index (χ1) is 18.1. The van der Waals surface area contributed by atoms with Crippen LogP contribution in [0, 0.1) is 0 Å². The number of rotatable bonds is 5. The summed E-state index contributed by atoms with van der Waals surface area (Å²) in [6.45, 7) is 11.5. The van der Waals surface area contributed by atoms with Gasteiger partial charge in [-0.3, -0.25) is 9.80 Å². The lowest BCUT2D eigenvalue weighted by Crippen LogP contribution is -2.64. The third-order valence-corrected chi connectivity index (χ3v) is 7.92. The molecular formula is C27H32F6N4OS. The number of carbonyl (C=O) groups excluding carboxylic acids is 1. The van der Waals surface area contributed by atoms with Gasteiger partial charge in [0.2, 0.25) is 0 Å². The van der Waals surface area contributed by atoms with Crippen LogP contribution in [0.4, 0.5) is 36.8 Å². The van der Waals surface area contributed by atoms with Crippen molar-refractivity contribution >= 4 is 23.5 Å². The number of halogens is 6. The van der Waals surface area contributed by atoms with Crippen molar-refractivity contribution in [2.75, 3.05) is 44.6 Å². The second-order valence-electron chi connectivity index (χ2n) is 10.9. The number of nitrogens with zero attached hydrogens (tertiary/aromatic N) is 3. The lowest BCUT2D eigenvalue weighted by atomic mass is 10.1. The van der Waals surface area contributed by atoms with Crippen LogP contribution in [-0.2, 0) is 18.9 Å². The van der Waals surface area contributed by atoms with E-state index in [9.17, 15) is 31.1 Å². The third-order valence-electron chi connectivity index (χ3n) is 6.69.